The SMILES string of the molecule is CCCOc1cncc(C(N)CSCCC)c1. The second kappa shape index (κ2) is 8.37. The Morgan fingerprint density at radius 2 is 2.18 bits per heavy atom. The summed E-state index contributed by atoms with van der Waals surface area (Å²) < 4.78 is 5.55. The van der Waals surface area contributed by atoms with Gasteiger partial charge in [-0.1, -0.05) is 13.8 Å². The fraction of sp³-hybridized carbons (Fsp3) is 0.615. The topological polar surface area (TPSA) is 48.1 Å². The number of pyridine rings is 1. The third-order valence-electron chi connectivity index (χ3n) is 2.28. The Morgan fingerprint density at radius 3 is 2.88 bits per heavy atom. The summed E-state index contributed by atoms with van der Waals surface area (Å²) in [6.07, 6.45) is 5.76. The lowest BCUT2D eigenvalue weighted by Gasteiger charge is -2.12. The number of aromatic nitrogens is 1. The van der Waals surface area contributed by atoms with Gasteiger partial charge in [0.2, 0.25) is 0 Å². The first-order chi connectivity index (χ1) is 8.27. The first-order valence-electron chi connectivity index (χ1n) is 6.19. The summed E-state index contributed by atoms with van der Waals surface area (Å²) >= 11 is 1.89. The van der Waals surface area contributed by atoms with E-state index in [0.717, 1.165) is 35.8 Å². The average molecular weight is 254 g/mol. The molecule has 0 bridgehead atoms. The summed E-state index contributed by atoms with van der Waals surface area (Å²) in [5.41, 5.74) is 7.17. The van der Waals surface area contributed by atoms with Gasteiger partial charge in [-0.05, 0) is 30.2 Å². The first-order valence-corrected chi connectivity index (χ1v) is 7.34. The van der Waals surface area contributed by atoms with Gasteiger partial charge in [0.1, 0.15) is 5.75 Å². The van der Waals surface area contributed by atoms with Crippen molar-refractivity contribution in [3.8, 4) is 5.75 Å². The minimum absolute atomic E-state index is 0.0456. The maximum Gasteiger partial charge on any atom is 0.137 e. The van der Waals surface area contributed by atoms with Crippen LogP contribution < -0.4 is 10.5 Å². The van der Waals surface area contributed by atoms with Gasteiger partial charge in [-0.2, -0.15) is 11.8 Å². The largest absolute Gasteiger partial charge is 0.492 e. The minimum Gasteiger partial charge on any atom is -0.492 e. The highest BCUT2D eigenvalue weighted by molar-refractivity contribution is 7.99. The average Bonchev–Trinajstić information content (AvgIpc) is 2.37. The highest BCUT2D eigenvalue weighted by Crippen LogP contribution is 2.19. The monoisotopic (exact) mass is 254 g/mol. The van der Waals surface area contributed by atoms with E-state index in [2.05, 4.69) is 18.8 Å². The third kappa shape index (κ3) is 5.41. The first kappa shape index (κ1) is 14.3. The molecule has 1 atom stereocenters. The van der Waals surface area contributed by atoms with Crippen LogP contribution in [0.3, 0.4) is 0 Å². The molecule has 1 unspecified atom stereocenters. The lowest BCUT2D eigenvalue weighted by Crippen LogP contribution is -2.13. The van der Waals surface area contributed by atoms with Gasteiger partial charge in [-0.3, -0.25) is 4.98 Å². The Morgan fingerprint density at radius 1 is 1.35 bits per heavy atom. The number of ether oxygens (including phenoxy) is 1. The van der Waals surface area contributed by atoms with E-state index in [1.165, 1.54) is 6.42 Å². The summed E-state index contributed by atoms with van der Waals surface area (Å²) in [6, 6.07) is 2.05. The van der Waals surface area contributed by atoms with Crippen molar-refractivity contribution in [1.82, 2.24) is 4.98 Å². The normalized spacial score (nSPS) is 12.4. The molecule has 2 N–H and O–H groups in total. The summed E-state index contributed by atoms with van der Waals surface area (Å²) in [5, 5.41) is 0. The molecule has 1 aromatic rings. The van der Waals surface area contributed by atoms with Crippen LogP contribution in [0.4, 0.5) is 0 Å². The molecule has 0 saturated carbocycles. The molecule has 17 heavy (non-hydrogen) atoms. The van der Waals surface area contributed by atoms with Crippen LogP contribution in [0.5, 0.6) is 5.75 Å². The maximum absolute atomic E-state index is 6.12. The van der Waals surface area contributed by atoms with Crippen molar-refractivity contribution < 1.29 is 4.74 Å². The van der Waals surface area contributed by atoms with Gasteiger partial charge >= 0.3 is 0 Å². The van der Waals surface area contributed by atoms with Crippen LogP contribution in [0, 0.1) is 0 Å². The highest BCUT2D eigenvalue weighted by atomic mass is 32.2. The zero-order valence-corrected chi connectivity index (χ0v) is 11.5. The van der Waals surface area contributed by atoms with Crippen LogP contribution in [0.25, 0.3) is 0 Å². The van der Waals surface area contributed by atoms with E-state index in [9.17, 15) is 0 Å². The van der Waals surface area contributed by atoms with Crippen LogP contribution in [0.1, 0.15) is 38.3 Å². The van der Waals surface area contributed by atoms with Crippen LogP contribution in [0.2, 0.25) is 0 Å². The number of rotatable bonds is 8. The van der Waals surface area contributed by atoms with Gasteiger partial charge in [0, 0.05) is 18.0 Å². The molecule has 3 nitrogen and oxygen atoms in total. The molecule has 4 heteroatoms. The number of thioether (sulfide) groups is 1. The van der Waals surface area contributed by atoms with Crippen molar-refractivity contribution in [3.05, 3.63) is 24.0 Å². The maximum atomic E-state index is 6.12. The molecule has 0 aliphatic carbocycles. The van der Waals surface area contributed by atoms with E-state index >= 15 is 0 Å². The van der Waals surface area contributed by atoms with Gasteiger partial charge in [-0.25, -0.2) is 0 Å². The second-order valence-corrected chi connectivity index (χ2v) is 5.13. The van der Waals surface area contributed by atoms with E-state index in [-0.39, 0.29) is 6.04 Å². The van der Waals surface area contributed by atoms with Crippen molar-refractivity contribution in [1.29, 1.82) is 0 Å². The Kier molecular flexibility index (Phi) is 7.05. The molecule has 0 amide bonds. The highest BCUT2D eigenvalue weighted by Gasteiger charge is 2.07. The lowest BCUT2D eigenvalue weighted by molar-refractivity contribution is 0.315. The van der Waals surface area contributed by atoms with Crippen LogP contribution in [-0.2, 0) is 0 Å². The Balaban J connectivity index is 2.51. The molecular weight excluding hydrogens is 232 g/mol. The van der Waals surface area contributed by atoms with Gasteiger partial charge < -0.3 is 10.5 Å². The van der Waals surface area contributed by atoms with E-state index in [0.29, 0.717) is 0 Å². The van der Waals surface area contributed by atoms with E-state index in [4.69, 9.17) is 10.5 Å². The van der Waals surface area contributed by atoms with Crippen LogP contribution in [-0.4, -0.2) is 23.1 Å². The minimum atomic E-state index is 0.0456. The zero-order chi connectivity index (χ0) is 12.5. The van der Waals surface area contributed by atoms with Crippen molar-refractivity contribution in [3.63, 3.8) is 0 Å². The molecule has 0 radical (unpaired) electrons. The number of nitrogens with two attached hydrogens (primary N) is 1. The van der Waals surface area contributed by atoms with Crippen molar-refractivity contribution >= 4 is 11.8 Å². The molecule has 0 aromatic carbocycles. The van der Waals surface area contributed by atoms with E-state index in [1.807, 2.05) is 24.0 Å². The predicted octanol–water partition coefficient (Wildman–Crippen LogP) is 3.01. The van der Waals surface area contributed by atoms with Gasteiger partial charge in [0.15, 0.2) is 0 Å². The molecule has 0 aliphatic heterocycles. The summed E-state index contributed by atoms with van der Waals surface area (Å²) in [6.45, 7) is 4.99. The fourth-order valence-corrected chi connectivity index (χ4v) is 2.29. The van der Waals surface area contributed by atoms with Gasteiger partial charge in [0.25, 0.3) is 0 Å². The second-order valence-electron chi connectivity index (χ2n) is 3.98. The molecule has 0 fully saturated rings. The van der Waals surface area contributed by atoms with Crippen molar-refractivity contribution in [2.24, 2.45) is 5.73 Å². The molecule has 1 rings (SSSR count). The van der Waals surface area contributed by atoms with Crippen molar-refractivity contribution in [2.45, 2.75) is 32.7 Å². The Labute approximate surface area is 108 Å². The number of hydrogen-bond donors (Lipinski definition) is 1. The Bertz CT molecular complexity index is 320. The molecular formula is C13H22N2OS. The lowest BCUT2D eigenvalue weighted by atomic mass is 10.1. The number of nitrogens with zero attached hydrogens (tertiary/aromatic N) is 1. The van der Waals surface area contributed by atoms with Gasteiger partial charge in [0.05, 0.1) is 12.8 Å². The molecule has 1 aromatic heterocycles. The molecule has 1 heterocycles. The summed E-state index contributed by atoms with van der Waals surface area (Å²) in [4.78, 5) is 4.17. The quantitative estimate of drug-likeness (QED) is 0.724. The zero-order valence-electron chi connectivity index (χ0n) is 10.7. The molecule has 96 valence electrons. The van der Waals surface area contributed by atoms with Gasteiger partial charge in [-0.15, -0.1) is 0 Å². The number of hydrogen-bond acceptors (Lipinski definition) is 4. The smallest absolute Gasteiger partial charge is 0.137 e. The standard InChI is InChI=1S/C13H22N2OS/c1-3-5-16-12-7-11(8-15-9-12)13(14)10-17-6-4-2/h7-9,13H,3-6,10,14H2,1-2H3. The van der Waals surface area contributed by atoms with Crippen molar-refractivity contribution in [2.75, 3.05) is 18.1 Å². The molecule has 0 saturated heterocycles. The molecule has 0 aliphatic rings. The fourth-order valence-electron chi connectivity index (χ4n) is 1.39. The van der Waals surface area contributed by atoms with Crippen LogP contribution >= 0.6 is 11.8 Å². The molecule has 0 spiro atoms. The summed E-state index contributed by atoms with van der Waals surface area (Å²) in [7, 11) is 0. The third-order valence-corrected chi connectivity index (χ3v) is 3.57. The Hall–Kier alpha value is -0.740. The van der Waals surface area contributed by atoms with E-state index < -0.39 is 0 Å². The summed E-state index contributed by atoms with van der Waals surface area (Å²) in [5.74, 6) is 2.92. The predicted molar refractivity (Wildman–Crippen MR) is 74.6 cm³/mol. The van der Waals surface area contributed by atoms with Crippen LogP contribution in [0.15, 0.2) is 18.5 Å². The van der Waals surface area contributed by atoms with E-state index in [1.54, 1.807) is 6.20 Å².